The van der Waals surface area contributed by atoms with Crippen molar-refractivity contribution >= 4 is 132 Å². The summed E-state index contributed by atoms with van der Waals surface area (Å²) in [6, 6.07) is 0.674. The third kappa shape index (κ3) is 15.8. The Morgan fingerprint density at radius 2 is 1.52 bits per heavy atom. The number of carbonyl (C=O) groups excluding carboxylic acids is 8. The first kappa shape index (κ1) is 75.7. The first-order chi connectivity index (χ1) is 50.1. The molecule has 11 heterocycles. The number of thiazole rings is 5. The zero-order valence-electron chi connectivity index (χ0n) is 57.7. The van der Waals surface area contributed by atoms with Gasteiger partial charge in [0.1, 0.15) is 120 Å². The summed E-state index contributed by atoms with van der Waals surface area (Å²) in [7, 11) is 4.85. The van der Waals surface area contributed by atoms with Crippen LogP contribution in [0.4, 0.5) is 0 Å². The highest BCUT2D eigenvalue weighted by atomic mass is 32.2. The van der Waals surface area contributed by atoms with Gasteiger partial charge in [-0.25, -0.2) is 39.5 Å². The minimum Gasteiger partial charge on any atom is -0.506 e. The number of allylic oxidation sites excluding steroid dienone is 1. The molecule has 8 aromatic rings. The van der Waals surface area contributed by atoms with Gasteiger partial charge in [-0.1, -0.05) is 26.0 Å². The number of nitrogens with two attached hydrogens (primary N) is 1. The molecule has 33 nitrogen and oxygen atoms in total. The quantitative estimate of drug-likeness (QED) is 0.0286. The molecule has 6 amide bonds. The maximum Gasteiger partial charge on any atom is 0.358 e. The molecule has 0 radical (unpaired) electrons. The molecular formula is C66H73N15O18S6. The lowest BCUT2D eigenvalue weighted by molar-refractivity contribution is -0.280. The van der Waals surface area contributed by atoms with Crippen LogP contribution in [0.1, 0.15) is 139 Å². The average Bonchev–Trinajstić information content (AvgIpc) is 1.63. The molecule has 4 aliphatic rings. The predicted octanol–water partition coefficient (Wildman–Crippen LogP) is 4.78. The lowest BCUT2D eigenvalue weighted by Gasteiger charge is -2.48. The van der Waals surface area contributed by atoms with Gasteiger partial charge < -0.3 is 91.1 Å². The van der Waals surface area contributed by atoms with Gasteiger partial charge in [0, 0.05) is 62.1 Å². The maximum absolute atomic E-state index is 15.2. The van der Waals surface area contributed by atoms with Gasteiger partial charge in [-0.2, -0.15) is 4.73 Å². The van der Waals surface area contributed by atoms with E-state index in [2.05, 4.69) is 46.4 Å². The second-order valence-electron chi connectivity index (χ2n) is 25.2. The summed E-state index contributed by atoms with van der Waals surface area (Å²) in [5.74, 6) is -7.43. The Morgan fingerprint density at radius 3 is 2.23 bits per heavy atom. The predicted molar refractivity (Wildman–Crippen MR) is 385 cm³/mol. The summed E-state index contributed by atoms with van der Waals surface area (Å²) in [6.07, 6.45) is -7.56. The van der Waals surface area contributed by atoms with Crippen molar-refractivity contribution in [3.63, 3.8) is 0 Å². The van der Waals surface area contributed by atoms with Crippen molar-refractivity contribution in [1.29, 1.82) is 0 Å². The van der Waals surface area contributed by atoms with E-state index < -0.39 is 144 Å². The molecule has 1 saturated heterocycles. The van der Waals surface area contributed by atoms with E-state index >= 15 is 19.2 Å². The van der Waals surface area contributed by atoms with Crippen molar-refractivity contribution in [3.8, 4) is 38.4 Å². The Balaban J connectivity index is 1.01. The number of aliphatic hydroxyl groups is 2. The van der Waals surface area contributed by atoms with Crippen LogP contribution in [0.2, 0.25) is 0 Å². The molecule has 12 bridgehead atoms. The van der Waals surface area contributed by atoms with Crippen molar-refractivity contribution < 1.29 is 87.3 Å². The van der Waals surface area contributed by atoms with Gasteiger partial charge in [-0.3, -0.25) is 28.8 Å². The molecule has 11 N–H and O–H groups in total. The number of aromatic hydroxyl groups is 1. The van der Waals surface area contributed by atoms with E-state index in [1.165, 1.54) is 60.0 Å². The lowest BCUT2D eigenvalue weighted by Crippen LogP contribution is -2.62. The number of ether oxygens (including phenoxy) is 6. The van der Waals surface area contributed by atoms with Crippen molar-refractivity contribution in [3.05, 3.63) is 112 Å². The number of nitrogens with one attached hydrogen (secondary N) is 5. The van der Waals surface area contributed by atoms with E-state index in [0.29, 0.717) is 22.6 Å². The summed E-state index contributed by atoms with van der Waals surface area (Å²) in [6.45, 7) is 10.5. The molecule has 0 aliphatic carbocycles. The van der Waals surface area contributed by atoms with Gasteiger partial charge in [-0.15, -0.1) is 68.4 Å². The summed E-state index contributed by atoms with van der Waals surface area (Å²) in [4.78, 5) is 148. The van der Waals surface area contributed by atoms with E-state index in [0.717, 1.165) is 81.5 Å². The normalized spacial score (nSPS) is 23.6. The van der Waals surface area contributed by atoms with Crippen LogP contribution >= 0.6 is 68.4 Å². The van der Waals surface area contributed by atoms with E-state index in [4.69, 9.17) is 49.1 Å². The topological polar surface area (TPSA) is 448 Å². The number of rotatable bonds is 15. The number of primary amides is 1. The molecule has 11 atom stereocenters. The van der Waals surface area contributed by atoms with Crippen LogP contribution in [0.15, 0.2) is 56.9 Å². The van der Waals surface area contributed by atoms with Crippen molar-refractivity contribution in [2.24, 2.45) is 5.73 Å². The van der Waals surface area contributed by atoms with Crippen LogP contribution in [0.25, 0.3) is 49.3 Å². The second-order valence-corrected chi connectivity index (χ2v) is 30.8. The highest BCUT2D eigenvalue weighted by molar-refractivity contribution is 8.00. The van der Waals surface area contributed by atoms with Gasteiger partial charge in [0.15, 0.2) is 23.5 Å². The highest BCUT2D eigenvalue weighted by Crippen LogP contribution is 2.43. The number of aliphatic hydroxyl groups excluding tert-OH is 1. The molecule has 1 aromatic carbocycles. The second kappa shape index (κ2) is 31.6. The molecule has 12 rings (SSSR count). The molecule has 556 valence electrons. The van der Waals surface area contributed by atoms with Gasteiger partial charge in [0.25, 0.3) is 29.5 Å². The standard InChI is InChI=1S/C66H73N15O18S6/c1-10-80(11-2)15-16-100-63(52(67)84)78-56(88)38-26-104-61(72-38)46-40(83)17-31-45(74-46)34-22-102-59(69-34)33-21-97-64(90)48-32-20-95-49(50(99-41-18-66(6,92)51(79(7)8)29(5)98-41)65(91)96-19-30-13-12-14-39(42(30)32)81(48)93)47(62-73-35(24-105-62)53(85)68-33)77-55(87)37-25-103-60(71-37)44(28(4)94-9)76-57(89)43(27(3)82)75-54(86)36-23-101-58(31)70-36/h12-14,17,22-27,29,33,41,43,47,49-51,63,82-83,92-93H,10-11,15-16,18-21H2,1-9H3,(H2,67,84)(H,68,85)(H,75,86)(H,76,89)(H,77,87)(H,78,88)/b44-28+/t27-,29+,33+,41+,43?,47+,49+,50+,51-,63?,66+/m1/s1. The fourth-order valence-corrected chi connectivity index (χ4v) is 17.8. The molecular weight excluding hydrogens is 1480 g/mol. The van der Waals surface area contributed by atoms with E-state index in [1.807, 2.05) is 13.8 Å². The minimum atomic E-state index is -1.92. The number of likely N-dealkylation sites (N-methyl/N-ethyl adjacent to an activating group) is 1. The zero-order valence-corrected chi connectivity index (χ0v) is 62.6. The molecule has 0 saturated carbocycles. The zero-order chi connectivity index (χ0) is 75.0. The number of cyclic esters (lactones) is 2. The highest BCUT2D eigenvalue weighted by Gasteiger charge is 2.50. The molecule has 7 aromatic heterocycles. The van der Waals surface area contributed by atoms with Crippen LogP contribution in [-0.2, 0) is 56.0 Å². The Bertz CT molecular complexity index is 4710. The molecule has 0 spiro atoms. The lowest BCUT2D eigenvalue weighted by atomic mass is 9.85. The number of carbonyl (C=O) groups is 8. The Morgan fingerprint density at radius 1 is 0.857 bits per heavy atom. The number of benzene rings is 1. The molecule has 105 heavy (non-hydrogen) atoms. The number of thioether (sulfide) groups is 1. The van der Waals surface area contributed by atoms with Crippen LogP contribution in [0.3, 0.4) is 0 Å². The first-order valence-corrected chi connectivity index (χ1v) is 38.2. The van der Waals surface area contributed by atoms with Crippen molar-refractivity contribution in [2.75, 3.05) is 53.2 Å². The number of amides is 6. The summed E-state index contributed by atoms with van der Waals surface area (Å²) in [5, 5.41) is 67.2. The third-order valence-electron chi connectivity index (χ3n) is 17.9. The third-order valence-corrected chi connectivity index (χ3v) is 23.4. The van der Waals surface area contributed by atoms with Crippen LogP contribution in [0.5, 0.6) is 5.75 Å². The van der Waals surface area contributed by atoms with E-state index in [-0.39, 0.29) is 105 Å². The largest absolute Gasteiger partial charge is 0.506 e. The Kier molecular flexibility index (Phi) is 22.8. The number of hydrogen-bond donors (Lipinski definition) is 10. The molecule has 1 fully saturated rings. The number of esters is 2. The number of methoxy groups -OCH3 is 1. The Labute approximate surface area is 622 Å². The Hall–Kier alpha value is -8.97. The number of nitrogens with zero attached hydrogens (tertiary/aromatic N) is 9. The van der Waals surface area contributed by atoms with Crippen LogP contribution in [0, 0.1) is 0 Å². The molecule has 4 aliphatic heterocycles. The average molecular weight is 1560 g/mol. The van der Waals surface area contributed by atoms with Crippen molar-refractivity contribution in [2.45, 2.75) is 127 Å². The molecule has 39 heteroatoms. The summed E-state index contributed by atoms with van der Waals surface area (Å²) in [5.41, 5.74) is 3.02. The minimum absolute atomic E-state index is 0.0130. The van der Waals surface area contributed by atoms with Gasteiger partial charge in [-0.05, 0) is 72.6 Å². The maximum atomic E-state index is 15.2. The van der Waals surface area contributed by atoms with Crippen LogP contribution < -0.4 is 32.3 Å². The van der Waals surface area contributed by atoms with Gasteiger partial charge in [0.2, 0.25) is 5.91 Å². The number of fused-ring (bicyclic) bond motifs is 15. The molecule has 2 unspecified atom stereocenters. The smallest absolute Gasteiger partial charge is 0.358 e. The number of pyridine rings is 1. The van der Waals surface area contributed by atoms with Crippen LogP contribution in [-0.4, -0.2) is 219 Å². The van der Waals surface area contributed by atoms with Gasteiger partial charge >= 0.3 is 11.9 Å². The fraction of sp³-hybridized carbons (Fsp3) is 0.424. The summed E-state index contributed by atoms with van der Waals surface area (Å²) < 4.78 is 38.3. The summed E-state index contributed by atoms with van der Waals surface area (Å²) >= 11 is 5.69. The van der Waals surface area contributed by atoms with E-state index in [1.54, 1.807) is 45.0 Å². The first-order valence-electron chi connectivity index (χ1n) is 32.8. The van der Waals surface area contributed by atoms with E-state index in [9.17, 15) is 39.7 Å². The number of hydrogen-bond acceptors (Lipinski definition) is 32. The van der Waals surface area contributed by atoms with Crippen molar-refractivity contribution in [1.82, 2.24) is 71.0 Å². The monoisotopic (exact) mass is 1560 g/mol. The SMILES string of the molecule is CCN(CC)CCSC(NC(=O)c1csc(-c2nc3c(cc2O)-c2nc(cs2)C(=O)NC([C@@H](C)O)C(=O)N/C(=C(\C)OC)c2nc(cs2)C(=O)N[C@@H]2c4nc(cs4)C(=O)N[C@@H](COC(=O)c4c5c6c(cccc6n4O)COC(=O)[C@@H](O[C@H]4C[C@](C)(O)[C@H](N(C)C)[C@H](C)O4)[C@H]2OC5)c2nc-3cs2)n1)C(N)=O. The van der Waals surface area contributed by atoms with Gasteiger partial charge in [0.05, 0.1) is 43.1 Å². The fourth-order valence-electron chi connectivity index (χ4n) is 12.7. The number of aromatic nitrogens is 7.